The van der Waals surface area contributed by atoms with Crippen LogP contribution in [-0.4, -0.2) is 32.3 Å². The van der Waals surface area contributed by atoms with Crippen LogP contribution in [0.25, 0.3) is 76.0 Å². The number of hydrogen-bond acceptors (Lipinski definition) is 6. The van der Waals surface area contributed by atoms with Gasteiger partial charge in [0.05, 0.1) is 41.5 Å². The summed E-state index contributed by atoms with van der Waals surface area (Å²) in [6.07, 6.45) is 16.0. The number of hydrogen-bond donors (Lipinski definition) is 0. The Morgan fingerprint density at radius 2 is 0.940 bits per heavy atom. The lowest BCUT2D eigenvalue weighted by atomic mass is 10.0. The first-order valence-electron chi connectivity index (χ1n) is 24.9. The number of methoxy groups -OCH3 is 2. The van der Waals surface area contributed by atoms with Gasteiger partial charge in [0.1, 0.15) is 19.6 Å². The van der Waals surface area contributed by atoms with Gasteiger partial charge < -0.3 is 9.47 Å². The van der Waals surface area contributed by atoms with Crippen LogP contribution in [0.3, 0.4) is 0 Å². The van der Waals surface area contributed by atoms with Gasteiger partial charge in [-0.3, -0.25) is 0 Å². The topological polar surface area (TPSA) is 44.2 Å². The third-order valence-corrected chi connectivity index (χ3v) is 21.7. The number of benzene rings is 5. The van der Waals surface area contributed by atoms with Crippen LogP contribution in [0.15, 0.2) is 121 Å². The molecule has 7 heteroatoms. The first kappa shape index (κ1) is 46.8. The molecule has 4 nitrogen and oxygen atoms in total. The Kier molecular flexibility index (Phi) is 14.9. The molecular formula is C60H66N2O2S2Si. The van der Waals surface area contributed by atoms with E-state index in [0.29, 0.717) is 0 Å². The maximum atomic E-state index is 6.35. The van der Waals surface area contributed by atoms with Crippen LogP contribution >= 0.6 is 22.7 Å². The highest BCUT2D eigenvalue weighted by Gasteiger charge is 2.44. The number of thiophene rings is 2. The van der Waals surface area contributed by atoms with Crippen LogP contribution in [0.5, 0.6) is 11.5 Å². The molecule has 0 saturated carbocycles. The highest BCUT2D eigenvalue weighted by molar-refractivity contribution is 7.19. The fourth-order valence-corrected chi connectivity index (χ4v) is 18.5. The van der Waals surface area contributed by atoms with Crippen LogP contribution in [0.1, 0.15) is 101 Å². The summed E-state index contributed by atoms with van der Waals surface area (Å²) in [7, 11) is 1.46. The molecule has 0 bridgehead atoms. The van der Waals surface area contributed by atoms with Crippen molar-refractivity contribution in [1.29, 1.82) is 0 Å². The summed E-state index contributed by atoms with van der Waals surface area (Å²) >= 11 is 3.55. The first-order chi connectivity index (χ1) is 32.9. The zero-order valence-electron chi connectivity index (χ0n) is 40.5. The Morgan fingerprint density at radius 1 is 0.463 bits per heavy atom. The van der Waals surface area contributed by atoms with Crippen LogP contribution in [0.4, 0.5) is 0 Å². The average Bonchev–Trinajstić information content (AvgIpc) is 4.05. The van der Waals surface area contributed by atoms with E-state index in [2.05, 4.69) is 149 Å². The van der Waals surface area contributed by atoms with Crippen molar-refractivity contribution in [3.8, 4) is 76.5 Å². The number of unbranched alkanes of at least 4 members (excludes halogenated alkanes) is 10. The summed E-state index contributed by atoms with van der Waals surface area (Å²) in [6.45, 7) is 9.05. The van der Waals surface area contributed by atoms with Crippen molar-refractivity contribution in [3.63, 3.8) is 0 Å². The predicted molar refractivity (Wildman–Crippen MR) is 292 cm³/mol. The molecule has 67 heavy (non-hydrogen) atoms. The van der Waals surface area contributed by atoms with E-state index >= 15 is 0 Å². The summed E-state index contributed by atoms with van der Waals surface area (Å²) in [6, 6.07) is 47.3. The molecule has 0 N–H and O–H groups in total. The lowest BCUT2D eigenvalue weighted by molar-refractivity contribution is 0.414. The van der Waals surface area contributed by atoms with Crippen molar-refractivity contribution in [2.75, 3.05) is 14.2 Å². The maximum absolute atomic E-state index is 6.35. The van der Waals surface area contributed by atoms with Gasteiger partial charge in [0.25, 0.3) is 0 Å². The van der Waals surface area contributed by atoms with E-state index in [1.54, 1.807) is 28.8 Å². The van der Waals surface area contributed by atoms with Crippen LogP contribution in [-0.2, 0) is 0 Å². The number of nitrogens with zero attached hydrogens (tertiary/aromatic N) is 2. The SMILES string of the molecule is CCCCCCCC[Si]1(CCCCCCCC)c2cc(C)ccc2-c2ccc(-c3sc(-c4ccc(-c5cc(OC)c(C)s5)c5nc(-c6ccccc6)c(-c6ccccc6)nc45)cc3OC)cc21. The van der Waals surface area contributed by atoms with Gasteiger partial charge >= 0.3 is 0 Å². The molecule has 0 fully saturated rings. The first-order valence-corrected chi connectivity index (χ1v) is 29.0. The minimum atomic E-state index is -2.11. The summed E-state index contributed by atoms with van der Waals surface area (Å²) < 4.78 is 12.1. The van der Waals surface area contributed by atoms with E-state index in [9.17, 15) is 0 Å². The molecule has 0 radical (unpaired) electrons. The van der Waals surface area contributed by atoms with Crippen molar-refractivity contribution in [3.05, 3.63) is 132 Å². The lowest BCUT2D eigenvalue weighted by Crippen LogP contribution is -2.55. The summed E-state index contributed by atoms with van der Waals surface area (Å²) in [5.41, 5.74) is 13.3. The Hall–Kier alpha value is -5.34. The molecule has 0 spiro atoms. The number of rotatable bonds is 21. The fraction of sp³-hybridized carbons (Fsp3) is 0.333. The second-order valence-electron chi connectivity index (χ2n) is 18.7. The Balaban J connectivity index is 1.19. The van der Waals surface area contributed by atoms with Crippen LogP contribution < -0.4 is 19.8 Å². The van der Waals surface area contributed by atoms with Crippen molar-refractivity contribution in [1.82, 2.24) is 9.97 Å². The van der Waals surface area contributed by atoms with Crippen molar-refractivity contribution >= 4 is 52.2 Å². The van der Waals surface area contributed by atoms with Crippen LogP contribution in [0.2, 0.25) is 12.1 Å². The van der Waals surface area contributed by atoms with Crippen molar-refractivity contribution in [2.24, 2.45) is 0 Å². The zero-order valence-corrected chi connectivity index (χ0v) is 43.1. The lowest BCUT2D eigenvalue weighted by Gasteiger charge is -2.31. The maximum Gasteiger partial charge on any atom is 0.138 e. The third-order valence-electron chi connectivity index (χ3n) is 14.2. The van der Waals surface area contributed by atoms with Gasteiger partial charge in [0, 0.05) is 36.9 Å². The average molecular weight is 939 g/mol. The van der Waals surface area contributed by atoms with Gasteiger partial charge in [-0.25, -0.2) is 9.97 Å². The second-order valence-corrected chi connectivity index (χ2v) is 25.2. The summed E-state index contributed by atoms with van der Waals surface area (Å²) in [5, 5.41) is 3.33. The van der Waals surface area contributed by atoms with E-state index in [-0.39, 0.29) is 0 Å². The molecule has 9 rings (SSSR count). The second kappa shape index (κ2) is 21.3. The largest absolute Gasteiger partial charge is 0.496 e. The smallest absolute Gasteiger partial charge is 0.138 e. The number of aryl methyl sites for hydroxylation is 2. The Morgan fingerprint density at radius 3 is 1.48 bits per heavy atom. The van der Waals surface area contributed by atoms with Gasteiger partial charge in [0.2, 0.25) is 0 Å². The molecule has 0 unspecified atom stereocenters. The van der Waals surface area contributed by atoms with Crippen molar-refractivity contribution in [2.45, 2.75) is 117 Å². The summed E-state index contributed by atoms with van der Waals surface area (Å²) in [5.74, 6) is 1.79. The quantitative estimate of drug-likeness (QED) is 0.0532. The van der Waals surface area contributed by atoms with E-state index in [1.807, 2.05) is 18.4 Å². The highest BCUT2D eigenvalue weighted by atomic mass is 32.1. The highest BCUT2D eigenvalue weighted by Crippen LogP contribution is 2.48. The van der Waals surface area contributed by atoms with E-state index in [4.69, 9.17) is 19.4 Å². The molecule has 0 aliphatic carbocycles. The number of aromatic nitrogens is 2. The molecule has 1 aliphatic heterocycles. The monoisotopic (exact) mass is 938 g/mol. The molecule has 4 heterocycles. The zero-order chi connectivity index (χ0) is 46.3. The molecule has 1 aliphatic rings. The summed E-state index contributed by atoms with van der Waals surface area (Å²) in [4.78, 5) is 15.8. The molecule has 5 aromatic carbocycles. The molecular weight excluding hydrogens is 873 g/mol. The molecule has 0 saturated heterocycles. The molecule has 0 atom stereocenters. The van der Waals surface area contributed by atoms with E-state index in [1.165, 1.54) is 116 Å². The van der Waals surface area contributed by atoms with Gasteiger partial charge in [0.15, 0.2) is 0 Å². The normalized spacial score (nSPS) is 12.7. The minimum Gasteiger partial charge on any atom is -0.496 e. The standard InChI is InChI=1S/C60H66N2O2S2Si/c1-7-9-11-13-15-23-35-67(36-24-16-14-12-10-8-2)54-37-41(3)29-31-46(54)47-32-30-45(38-55(47)67)60-51(64-6)40-53(66-60)49-34-33-48(52-39-50(63-5)42(4)65-52)58-59(49)62-57(44-27-21-18-22-28-44)56(61-58)43-25-19-17-20-26-43/h17-22,25-34,37-40H,7-16,23-24,35-36H2,1-6H3. The van der Waals surface area contributed by atoms with Gasteiger partial charge in [-0.2, -0.15) is 0 Å². The van der Waals surface area contributed by atoms with E-state index < -0.39 is 8.07 Å². The minimum absolute atomic E-state index is 0.867. The number of ether oxygens (including phenoxy) is 2. The Bertz CT molecular complexity index is 2940. The molecule has 8 aromatic rings. The van der Waals surface area contributed by atoms with Crippen molar-refractivity contribution < 1.29 is 9.47 Å². The fourth-order valence-electron chi connectivity index (χ4n) is 10.6. The number of fused-ring (bicyclic) bond motifs is 4. The third kappa shape index (κ3) is 9.57. The van der Waals surface area contributed by atoms with Gasteiger partial charge in [-0.1, -0.05) is 206 Å². The molecule has 3 aromatic heterocycles. The molecule has 0 amide bonds. The molecule has 344 valence electrons. The Labute approximate surface area is 408 Å². The van der Waals surface area contributed by atoms with Crippen LogP contribution in [0, 0.1) is 13.8 Å². The van der Waals surface area contributed by atoms with Gasteiger partial charge in [-0.05, 0) is 65.1 Å². The van der Waals surface area contributed by atoms with E-state index in [0.717, 1.165) is 70.8 Å². The predicted octanol–water partition coefficient (Wildman–Crippen LogP) is 17.0. The van der Waals surface area contributed by atoms with Gasteiger partial charge in [-0.15, -0.1) is 22.7 Å².